The van der Waals surface area contributed by atoms with E-state index in [1.54, 1.807) is 59.4 Å². The van der Waals surface area contributed by atoms with Gasteiger partial charge < -0.3 is 45.2 Å². The van der Waals surface area contributed by atoms with Crippen LogP contribution < -0.4 is 15.5 Å². The van der Waals surface area contributed by atoms with E-state index in [1.807, 2.05) is 36.1 Å². The number of anilines is 2. The van der Waals surface area contributed by atoms with Crippen LogP contribution in [0, 0.1) is 0 Å². The zero-order valence-corrected chi connectivity index (χ0v) is 29.2. The number of nitrogens with zero attached hydrogens (tertiary/aromatic N) is 7. The van der Waals surface area contributed by atoms with Crippen LogP contribution in [-0.2, 0) is 11.2 Å². The number of benzene rings is 2. The number of phenolic OH excluding ortho intramolecular Hbond substituents is 2. The molecule has 1 amide bonds. The Morgan fingerprint density at radius 1 is 0.963 bits per heavy atom. The molecule has 0 unspecified atom stereocenters. The third-order valence-corrected chi connectivity index (χ3v) is 9.96. The minimum absolute atomic E-state index is 0.141. The van der Waals surface area contributed by atoms with Crippen molar-refractivity contribution in [1.82, 2.24) is 35.0 Å². The standard InChI is InChI=1S/C38H39N9O7/c1-2-24-17-29(54-45-24)33-31(50)32(51)37(53-33)47-20-41-30-34(40-18-28(21-3-7-26(48)8-4-21)22-5-9-27(49)10-6-22)43-38(44-35(30)47)46-16-13-25(19-46)42-36(52)23-11-14-39-15-12-23/h3-12,14-15,17,20,25,28,31-33,37,48-51H,2,13,16,18-19H2,1H3,(H,42,52)(H,40,43,44)/t25-,31+,32-,33-,37-/m1/s1. The normalized spacial score (nSPS) is 21.3. The van der Waals surface area contributed by atoms with Crippen molar-refractivity contribution in [1.29, 1.82) is 0 Å². The maximum absolute atomic E-state index is 12.9. The first-order chi connectivity index (χ1) is 26.2. The van der Waals surface area contributed by atoms with Crippen LogP contribution in [0.25, 0.3) is 11.2 Å². The fourth-order valence-corrected chi connectivity index (χ4v) is 6.98. The van der Waals surface area contributed by atoms with E-state index in [0.717, 1.165) is 11.1 Å². The summed E-state index contributed by atoms with van der Waals surface area (Å²) in [6.07, 6.45) is 1.20. The fourth-order valence-electron chi connectivity index (χ4n) is 6.98. The summed E-state index contributed by atoms with van der Waals surface area (Å²) in [7, 11) is 0. The van der Waals surface area contributed by atoms with E-state index in [2.05, 4.69) is 25.8 Å². The number of phenols is 2. The van der Waals surface area contributed by atoms with Gasteiger partial charge in [-0.2, -0.15) is 9.97 Å². The van der Waals surface area contributed by atoms with Crippen molar-refractivity contribution in [2.45, 2.75) is 56.3 Å². The number of rotatable bonds is 11. The monoisotopic (exact) mass is 733 g/mol. The highest BCUT2D eigenvalue weighted by atomic mass is 16.6. The van der Waals surface area contributed by atoms with E-state index in [0.29, 0.717) is 72.4 Å². The number of imidazole rings is 1. The van der Waals surface area contributed by atoms with Gasteiger partial charge in [-0.05, 0) is 60.4 Å². The average Bonchev–Trinajstić information content (AvgIpc) is 4.01. The summed E-state index contributed by atoms with van der Waals surface area (Å²) in [4.78, 5) is 33.4. The largest absolute Gasteiger partial charge is 0.508 e. The molecule has 8 rings (SSSR count). The van der Waals surface area contributed by atoms with E-state index >= 15 is 0 Å². The van der Waals surface area contributed by atoms with Gasteiger partial charge in [-0.3, -0.25) is 14.3 Å². The van der Waals surface area contributed by atoms with Crippen molar-refractivity contribution >= 4 is 28.8 Å². The van der Waals surface area contributed by atoms with Gasteiger partial charge in [0.15, 0.2) is 29.0 Å². The van der Waals surface area contributed by atoms with Crippen molar-refractivity contribution in [3.63, 3.8) is 0 Å². The number of aliphatic hydroxyl groups is 2. The highest BCUT2D eigenvalue weighted by Crippen LogP contribution is 2.41. The zero-order valence-electron chi connectivity index (χ0n) is 29.2. The van der Waals surface area contributed by atoms with Crippen LogP contribution in [0.4, 0.5) is 11.8 Å². The fraction of sp³-hybridized carbons (Fsp3) is 0.316. The second-order valence-corrected chi connectivity index (χ2v) is 13.5. The number of nitrogens with one attached hydrogen (secondary N) is 2. The Labute approximate surface area is 309 Å². The first-order valence-corrected chi connectivity index (χ1v) is 17.7. The molecule has 2 fully saturated rings. The Bertz CT molecular complexity index is 2180. The lowest BCUT2D eigenvalue weighted by Crippen LogP contribution is -2.37. The summed E-state index contributed by atoms with van der Waals surface area (Å²) in [6, 6.07) is 18.7. The zero-order chi connectivity index (χ0) is 37.3. The number of ether oxygens (including phenoxy) is 1. The maximum Gasteiger partial charge on any atom is 0.251 e. The predicted octanol–water partition coefficient (Wildman–Crippen LogP) is 3.43. The Morgan fingerprint density at radius 3 is 2.33 bits per heavy atom. The highest BCUT2D eigenvalue weighted by molar-refractivity contribution is 5.94. The summed E-state index contributed by atoms with van der Waals surface area (Å²) in [5.74, 6) is 0.930. The molecule has 5 atom stereocenters. The van der Waals surface area contributed by atoms with Gasteiger partial charge in [-0.15, -0.1) is 0 Å². The molecule has 2 saturated heterocycles. The Balaban J connectivity index is 1.13. The number of aromatic nitrogens is 6. The van der Waals surface area contributed by atoms with Gasteiger partial charge in [0.2, 0.25) is 5.95 Å². The Morgan fingerprint density at radius 2 is 1.67 bits per heavy atom. The van der Waals surface area contributed by atoms with Crippen LogP contribution in [0.15, 0.2) is 90.0 Å². The minimum Gasteiger partial charge on any atom is -0.508 e. The number of hydrogen-bond donors (Lipinski definition) is 6. The molecule has 2 aliphatic heterocycles. The molecule has 0 aliphatic carbocycles. The number of carbonyl (C=O) groups excluding carboxylic acids is 1. The van der Waals surface area contributed by atoms with Crippen LogP contribution in [0.3, 0.4) is 0 Å². The third-order valence-electron chi connectivity index (χ3n) is 9.96. The molecule has 0 spiro atoms. The number of aliphatic hydroxyl groups excluding tert-OH is 2. The predicted molar refractivity (Wildman–Crippen MR) is 195 cm³/mol. The summed E-state index contributed by atoms with van der Waals surface area (Å²) in [5, 5.41) is 52.9. The second-order valence-electron chi connectivity index (χ2n) is 13.5. The molecular formula is C38H39N9O7. The molecule has 16 heteroatoms. The molecule has 2 aliphatic rings. The molecule has 6 N–H and O–H groups in total. The molecule has 0 saturated carbocycles. The molecule has 6 heterocycles. The van der Waals surface area contributed by atoms with Crippen LogP contribution in [0.2, 0.25) is 0 Å². The highest BCUT2D eigenvalue weighted by Gasteiger charge is 2.47. The van der Waals surface area contributed by atoms with E-state index in [1.165, 1.54) is 6.33 Å². The lowest BCUT2D eigenvalue weighted by Gasteiger charge is -2.22. The molecule has 54 heavy (non-hydrogen) atoms. The number of hydrogen-bond acceptors (Lipinski definition) is 14. The molecule has 6 aromatic rings. The number of fused-ring (bicyclic) bond motifs is 1. The van der Waals surface area contributed by atoms with E-state index in [4.69, 9.17) is 19.2 Å². The average molecular weight is 734 g/mol. The van der Waals surface area contributed by atoms with Crippen molar-refractivity contribution in [3.8, 4) is 11.5 Å². The van der Waals surface area contributed by atoms with Crippen LogP contribution in [0.1, 0.15) is 64.5 Å². The quantitative estimate of drug-likeness (QED) is 0.113. The van der Waals surface area contributed by atoms with E-state index in [9.17, 15) is 25.2 Å². The third kappa shape index (κ3) is 6.89. The Kier molecular flexibility index (Phi) is 9.54. The van der Waals surface area contributed by atoms with Crippen molar-refractivity contribution < 1.29 is 34.5 Å². The Hall–Kier alpha value is -6.10. The number of carbonyl (C=O) groups is 1. The molecule has 278 valence electrons. The summed E-state index contributed by atoms with van der Waals surface area (Å²) >= 11 is 0. The van der Waals surface area contributed by atoms with Crippen LogP contribution in [-0.4, -0.2) is 93.9 Å². The maximum atomic E-state index is 12.9. The molecule has 2 aromatic carbocycles. The first kappa shape index (κ1) is 35.0. The van der Waals surface area contributed by atoms with Gasteiger partial charge in [0.1, 0.15) is 29.8 Å². The second kappa shape index (κ2) is 14.7. The lowest BCUT2D eigenvalue weighted by atomic mass is 9.91. The van der Waals surface area contributed by atoms with E-state index in [-0.39, 0.29) is 29.4 Å². The molecule has 16 nitrogen and oxygen atoms in total. The van der Waals surface area contributed by atoms with Crippen molar-refractivity contribution in [2.75, 3.05) is 29.9 Å². The number of amides is 1. The van der Waals surface area contributed by atoms with Crippen molar-refractivity contribution in [2.24, 2.45) is 0 Å². The number of aryl methyl sites for hydroxylation is 1. The van der Waals surface area contributed by atoms with Crippen LogP contribution >= 0.6 is 0 Å². The molecule has 0 bridgehead atoms. The smallest absolute Gasteiger partial charge is 0.251 e. The minimum atomic E-state index is -1.36. The SMILES string of the molecule is CCc1cc([C@H]2O[C@@H](n3cnc4c(NCC(c5ccc(O)cc5)c5ccc(O)cc5)nc(N5CC[C@@H](NC(=O)c6ccncc6)C5)nc43)[C@H](O)[C@@H]2O)on1. The lowest BCUT2D eigenvalue weighted by molar-refractivity contribution is -0.0434. The summed E-state index contributed by atoms with van der Waals surface area (Å²) in [5.41, 5.74) is 3.78. The molecular weight excluding hydrogens is 694 g/mol. The topological polar surface area (TPSA) is 217 Å². The van der Waals surface area contributed by atoms with Gasteiger partial charge in [-0.25, -0.2) is 4.98 Å². The van der Waals surface area contributed by atoms with E-state index < -0.39 is 24.5 Å². The van der Waals surface area contributed by atoms with Gasteiger partial charge >= 0.3 is 0 Å². The van der Waals surface area contributed by atoms with Crippen LogP contribution in [0.5, 0.6) is 11.5 Å². The molecule has 0 radical (unpaired) electrons. The number of pyridine rings is 1. The summed E-state index contributed by atoms with van der Waals surface area (Å²) < 4.78 is 13.3. The van der Waals surface area contributed by atoms with Gasteiger partial charge in [0.25, 0.3) is 5.91 Å². The molecule has 4 aromatic heterocycles. The van der Waals surface area contributed by atoms with Gasteiger partial charge in [0.05, 0.1) is 12.0 Å². The number of aromatic hydroxyl groups is 2. The first-order valence-electron chi connectivity index (χ1n) is 17.7. The van der Waals surface area contributed by atoms with Gasteiger partial charge in [0, 0.05) is 55.6 Å². The van der Waals surface area contributed by atoms with Gasteiger partial charge in [-0.1, -0.05) is 36.3 Å². The van der Waals surface area contributed by atoms with Crippen molar-refractivity contribution in [3.05, 3.63) is 114 Å². The summed E-state index contributed by atoms with van der Waals surface area (Å²) in [6.45, 7) is 3.26.